The van der Waals surface area contributed by atoms with E-state index in [0.717, 1.165) is 24.3 Å². The molecule has 2 aliphatic carbocycles. The summed E-state index contributed by atoms with van der Waals surface area (Å²) in [5.74, 6) is -3.41. The molecule has 0 aromatic rings. The molecule has 0 aromatic carbocycles. The Bertz CT molecular complexity index is 621. The maximum absolute atomic E-state index is 13.5. The zero-order valence-corrected chi connectivity index (χ0v) is 11.5. The monoisotopic (exact) mass is 320 g/mol. The van der Waals surface area contributed by atoms with Crippen molar-refractivity contribution < 1.29 is 26.3 Å². The van der Waals surface area contributed by atoms with Crippen molar-refractivity contribution in [3.8, 4) is 12.1 Å². The molecular weight excluding hydrogens is 310 g/mol. The van der Waals surface area contributed by atoms with Gasteiger partial charge in [0.2, 0.25) is 5.41 Å². The van der Waals surface area contributed by atoms with E-state index in [4.69, 9.17) is 10.5 Å². The van der Waals surface area contributed by atoms with E-state index >= 15 is 0 Å². The van der Waals surface area contributed by atoms with Crippen LogP contribution in [0.2, 0.25) is 0 Å². The number of fused-ring (bicyclic) bond motifs is 1. The van der Waals surface area contributed by atoms with Gasteiger partial charge in [-0.05, 0) is 19.4 Å². The Balaban J connectivity index is 2.88. The Morgan fingerprint density at radius 2 is 1.50 bits per heavy atom. The molecule has 0 heterocycles. The van der Waals surface area contributed by atoms with E-state index in [2.05, 4.69) is 0 Å². The van der Waals surface area contributed by atoms with Crippen LogP contribution in [0.4, 0.5) is 26.3 Å². The summed E-state index contributed by atoms with van der Waals surface area (Å²) in [6.45, 7) is 2.80. The average Bonchev–Trinajstić information content (AvgIpc) is 2.69. The lowest BCUT2D eigenvalue weighted by Gasteiger charge is -2.61. The number of allylic oxidation sites excluding steroid dienone is 4. The molecule has 0 radical (unpaired) electrons. The zero-order valence-electron chi connectivity index (χ0n) is 11.5. The SMILES string of the molecule is CC(C)=C1C=CC2C1C(C(F)(F)F)(C(F)(F)F)C2(C#N)C#N. The summed E-state index contributed by atoms with van der Waals surface area (Å²) in [5, 5.41) is 18.1. The molecule has 0 bridgehead atoms. The summed E-state index contributed by atoms with van der Waals surface area (Å²) >= 11 is 0. The molecule has 0 amide bonds. The van der Waals surface area contributed by atoms with Gasteiger partial charge in [0.1, 0.15) is 0 Å². The Kier molecular flexibility index (Phi) is 3.19. The molecule has 0 aliphatic heterocycles. The lowest BCUT2D eigenvalue weighted by Crippen LogP contribution is -2.75. The first-order valence-corrected chi connectivity index (χ1v) is 6.24. The van der Waals surface area contributed by atoms with E-state index < -0.39 is 35.0 Å². The standard InChI is InChI=1S/C14H10F6N2/c1-7(2)8-3-4-9-10(8)12(13(15,16)17,14(18,19)20)11(9,5-21)6-22/h3-4,9-10H,1-2H3. The molecular formula is C14H10F6N2. The summed E-state index contributed by atoms with van der Waals surface area (Å²) in [6, 6.07) is 2.05. The first-order valence-electron chi connectivity index (χ1n) is 6.24. The van der Waals surface area contributed by atoms with Crippen LogP contribution in [0.15, 0.2) is 23.3 Å². The Morgan fingerprint density at radius 3 is 1.82 bits per heavy atom. The number of nitriles is 2. The largest absolute Gasteiger partial charge is 0.406 e. The smallest absolute Gasteiger partial charge is 0.196 e. The number of hydrogen-bond acceptors (Lipinski definition) is 2. The van der Waals surface area contributed by atoms with Gasteiger partial charge in [0, 0.05) is 11.8 Å². The lowest BCUT2D eigenvalue weighted by molar-refractivity contribution is -0.419. The van der Waals surface area contributed by atoms with Gasteiger partial charge in [-0.3, -0.25) is 0 Å². The minimum absolute atomic E-state index is 0.110. The van der Waals surface area contributed by atoms with Crippen molar-refractivity contribution in [2.45, 2.75) is 26.2 Å². The van der Waals surface area contributed by atoms with Gasteiger partial charge in [0.05, 0.1) is 12.1 Å². The number of rotatable bonds is 0. The van der Waals surface area contributed by atoms with E-state index in [1.165, 1.54) is 13.8 Å². The fraction of sp³-hybridized carbons (Fsp3) is 0.571. The fourth-order valence-corrected chi connectivity index (χ4v) is 3.71. The predicted octanol–water partition coefficient (Wildman–Crippen LogP) is 4.28. The third-order valence-corrected chi connectivity index (χ3v) is 4.59. The third-order valence-electron chi connectivity index (χ3n) is 4.59. The van der Waals surface area contributed by atoms with E-state index in [0.29, 0.717) is 5.57 Å². The number of halogens is 6. The average molecular weight is 320 g/mol. The van der Waals surface area contributed by atoms with E-state index in [9.17, 15) is 26.3 Å². The van der Waals surface area contributed by atoms with Crippen LogP contribution in [0.1, 0.15) is 13.8 Å². The van der Waals surface area contributed by atoms with Gasteiger partial charge in [-0.15, -0.1) is 0 Å². The van der Waals surface area contributed by atoms with Crippen LogP contribution in [0.5, 0.6) is 0 Å². The topological polar surface area (TPSA) is 47.6 Å². The van der Waals surface area contributed by atoms with Gasteiger partial charge in [0.25, 0.3) is 0 Å². The van der Waals surface area contributed by atoms with Gasteiger partial charge < -0.3 is 0 Å². The van der Waals surface area contributed by atoms with Crippen molar-refractivity contribution in [1.29, 1.82) is 10.5 Å². The molecule has 2 nitrogen and oxygen atoms in total. The lowest BCUT2D eigenvalue weighted by atomic mass is 9.38. The molecule has 0 saturated heterocycles. The molecule has 2 aliphatic rings. The van der Waals surface area contributed by atoms with E-state index in [-0.39, 0.29) is 5.57 Å². The zero-order chi connectivity index (χ0) is 17.1. The molecule has 0 aromatic heterocycles. The predicted molar refractivity (Wildman–Crippen MR) is 62.7 cm³/mol. The summed E-state index contributed by atoms with van der Waals surface area (Å²) in [4.78, 5) is 0. The van der Waals surface area contributed by atoms with Gasteiger partial charge in [-0.1, -0.05) is 17.7 Å². The number of nitrogens with zero attached hydrogens (tertiary/aromatic N) is 2. The molecule has 8 heteroatoms. The molecule has 2 rings (SSSR count). The van der Waals surface area contributed by atoms with Crippen molar-refractivity contribution in [3.63, 3.8) is 0 Å². The van der Waals surface area contributed by atoms with Crippen LogP contribution < -0.4 is 0 Å². The van der Waals surface area contributed by atoms with Crippen molar-refractivity contribution in [1.82, 2.24) is 0 Å². The van der Waals surface area contributed by atoms with Crippen LogP contribution in [0.3, 0.4) is 0 Å². The minimum Gasteiger partial charge on any atom is -0.196 e. The van der Waals surface area contributed by atoms with Crippen molar-refractivity contribution >= 4 is 0 Å². The highest BCUT2D eigenvalue weighted by Crippen LogP contribution is 2.79. The second-order valence-electron chi connectivity index (χ2n) is 5.65. The number of alkyl halides is 6. The van der Waals surface area contributed by atoms with Gasteiger partial charge in [-0.25, -0.2) is 0 Å². The van der Waals surface area contributed by atoms with Crippen LogP contribution in [-0.4, -0.2) is 12.4 Å². The molecule has 1 saturated carbocycles. The third kappa shape index (κ3) is 1.45. The molecule has 0 spiro atoms. The van der Waals surface area contributed by atoms with Crippen LogP contribution in [0.25, 0.3) is 0 Å². The molecule has 2 atom stereocenters. The maximum atomic E-state index is 13.5. The van der Waals surface area contributed by atoms with Gasteiger partial charge in [-0.2, -0.15) is 36.9 Å². The second-order valence-corrected chi connectivity index (χ2v) is 5.65. The fourth-order valence-electron chi connectivity index (χ4n) is 3.71. The quantitative estimate of drug-likeness (QED) is 0.625. The van der Waals surface area contributed by atoms with Crippen LogP contribution in [0, 0.1) is 45.3 Å². The number of hydrogen-bond donors (Lipinski definition) is 0. The summed E-state index contributed by atoms with van der Waals surface area (Å²) in [5.41, 5.74) is -7.40. The Morgan fingerprint density at radius 1 is 1.05 bits per heavy atom. The molecule has 0 N–H and O–H groups in total. The highest BCUT2D eigenvalue weighted by atomic mass is 19.4. The minimum atomic E-state index is -5.77. The van der Waals surface area contributed by atoms with E-state index in [1.807, 2.05) is 0 Å². The summed E-state index contributed by atoms with van der Waals surface area (Å²) < 4.78 is 81.1. The Hall–Kier alpha value is -1.96. The van der Waals surface area contributed by atoms with Gasteiger partial charge in [0.15, 0.2) is 5.41 Å². The van der Waals surface area contributed by atoms with E-state index in [1.54, 1.807) is 0 Å². The first-order chi connectivity index (χ1) is 9.92. The van der Waals surface area contributed by atoms with Gasteiger partial charge >= 0.3 is 12.4 Å². The van der Waals surface area contributed by atoms with Crippen molar-refractivity contribution in [2.75, 3.05) is 0 Å². The maximum Gasteiger partial charge on any atom is 0.406 e. The van der Waals surface area contributed by atoms with Crippen molar-refractivity contribution in [3.05, 3.63) is 23.3 Å². The molecule has 2 unspecified atom stereocenters. The summed E-state index contributed by atoms with van der Waals surface area (Å²) in [6.07, 6.45) is -9.28. The van der Waals surface area contributed by atoms with Crippen LogP contribution in [-0.2, 0) is 0 Å². The molecule has 118 valence electrons. The molecule has 22 heavy (non-hydrogen) atoms. The summed E-state index contributed by atoms with van der Waals surface area (Å²) in [7, 11) is 0. The highest BCUT2D eigenvalue weighted by Gasteiger charge is 2.93. The highest BCUT2D eigenvalue weighted by molar-refractivity contribution is 5.51. The van der Waals surface area contributed by atoms with Crippen LogP contribution >= 0.6 is 0 Å². The normalized spacial score (nSPS) is 28.4. The van der Waals surface area contributed by atoms with Crippen molar-refractivity contribution in [2.24, 2.45) is 22.7 Å². The first kappa shape index (κ1) is 16.4. The molecule has 1 fully saturated rings. The Labute approximate surface area is 122 Å². The second kappa shape index (κ2) is 4.28.